The third-order valence-corrected chi connectivity index (χ3v) is 1.94. The number of nitrogens with zero attached hydrogens (tertiary/aromatic N) is 2. The van der Waals surface area contributed by atoms with Gasteiger partial charge >= 0.3 is 5.97 Å². The summed E-state index contributed by atoms with van der Waals surface area (Å²) >= 11 is 0. The van der Waals surface area contributed by atoms with Crippen LogP contribution in [0, 0.1) is 0 Å². The Balaban J connectivity index is 0.00000196. The lowest BCUT2D eigenvalue weighted by molar-refractivity contribution is -0.138. The maximum absolute atomic E-state index is 10.5. The average Bonchev–Trinajstić information content (AvgIpc) is 2.14. The molecule has 0 aromatic rings. The molecule has 6 heteroatoms. The molecule has 0 amide bonds. The standard InChI is InChI=1S/C9H14N2O3.ClH/c1-14-10-5-8-3-2-4-11(6-8)7-9(12)13;/h3,5H,2,4,6-7H2,1H3,(H,12,13);1H/b10-5+;. The van der Waals surface area contributed by atoms with Gasteiger partial charge in [-0.1, -0.05) is 11.2 Å². The number of carboxylic acids is 1. The lowest BCUT2D eigenvalue weighted by atomic mass is 10.1. The maximum atomic E-state index is 10.5. The van der Waals surface area contributed by atoms with E-state index in [4.69, 9.17) is 5.11 Å². The molecule has 1 aliphatic heterocycles. The van der Waals surface area contributed by atoms with Crippen LogP contribution in [0.2, 0.25) is 0 Å². The third-order valence-electron chi connectivity index (χ3n) is 1.94. The lowest BCUT2D eigenvalue weighted by Crippen LogP contribution is -2.34. The van der Waals surface area contributed by atoms with Crippen molar-refractivity contribution in [3.63, 3.8) is 0 Å². The summed E-state index contributed by atoms with van der Waals surface area (Å²) in [5.74, 6) is -0.796. The smallest absolute Gasteiger partial charge is 0.317 e. The summed E-state index contributed by atoms with van der Waals surface area (Å²) < 4.78 is 0. The van der Waals surface area contributed by atoms with Gasteiger partial charge in [0.1, 0.15) is 7.11 Å². The second kappa shape index (κ2) is 7.25. The van der Waals surface area contributed by atoms with Crippen molar-refractivity contribution < 1.29 is 14.7 Å². The van der Waals surface area contributed by atoms with Gasteiger partial charge in [0.2, 0.25) is 0 Å². The van der Waals surface area contributed by atoms with Crippen LogP contribution in [0.4, 0.5) is 0 Å². The van der Waals surface area contributed by atoms with Crippen molar-refractivity contribution in [2.45, 2.75) is 6.42 Å². The van der Waals surface area contributed by atoms with Crippen LogP contribution < -0.4 is 0 Å². The monoisotopic (exact) mass is 234 g/mol. The number of carboxylic acid groups (broad SMARTS) is 1. The van der Waals surface area contributed by atoms with E-state index in [1.165, 1.54) is 7.11 Å². The molecule has 5 nitrogen and oxygen atoms in total. The maximum Gasteiger partial charge on any atom is 0.317 e. The van der Waals surface area contributed by atoms with Crippen LogP contribution in [0.1, 0.15) is 6.42 Å². The molecule has 0 aromatic carbocycles. The largest absolute Gasteiger partial charge is 0.480 e. The molecule has 15 heavy (non-hydrogen) atoms. The topological polar surface area (TPSA) is 62.1 Å². The summed E-state index contributed by atoms with van der Waals surface area (Å²) in [5, 5.41) is 12.3. The Morgan fingerprint density at radius 3 is 3.13 bits per heavy atom. The molecule has 1 rings (SSSR count). The molecule has 1 aliphatic rings. The van der Waals surface area contributed by atoms with Gasteiger partial charge in [0.05, 0.1) is 12.8 Å². The number of hydrogen-bond donors (Lipinski definition) is 1. The van der Waals surface area contributed by atoms with Gasteiger partial charge in [-0.15, -0.1) is 12.4 Å². The summed E-state index contributed by atoms with van der Waals surface area (Å²) in [4.78, 5) is 16.9. The molecule has 0 atom stereocenters. The number of rotatable bonds is 4. The number of aliphatic carboxylic acids is 1. The summed E-state index contributed by atoms with van der Waals surface area (Å²) in [5.41, 5.74) is 0.999. The van der Waals surface area contributed by atoms with Gasteiger partial charge in [-0.25, -0.2) is 0 Å². The molecular weight excluding hydrogens is 220 g/mol. The Labute approximate surface area is 94.8 Å². The number of oxime groups is 1. The minimum atomic E-state index is -0.796. The van der Waals surface area contributed by atoms with Crippen molar-refractivity contribution in [2.75, 3.05) is 26.7 Å². The van der Waals surface area contributed by atoms with Gasteiger partial charge in [0.15, 0.2) is 0 Å². The van der Waals surface area contributed by atoms with E-state index < -0.39 is 5.97 Å². The molecular formula is C9H15ClN2O3. The minimum absolute atomic E-state index is 0. The Bertz CT molecular complexity index is 266. The number of halogens is 1. The Morgan fingerprint density at radius 2 is 2.53 bits per heavy atom. The zero-order chi connectivity index (χ0) is 10.4. The van der Waals surface area contributed by atoms with Gasteiger partial charge in [0.25, 0.3) is 0 Å². The van der Waals surface area contributed by atoms with Gasteiger partial charge < -0.3 is 9.94 Å². The fourth-order valence-electron chi connectivity index (χ4n) is 1.37. The predicted molar refractivity (Wildman–Crippen MR) is 59.5 cm³/mol. The zero-order valence-corrected chi connectivity index (χ0v) is 9.37. The SMILES string of the molecule is CO/N=C/C1=CCCN(CC(=O)O)C1.Cl. The van der Waals surface area contributed by atoms with Crippen molar-refractivity contribution in [1.29, 1.82) is 0 Å². The van der Waals surface area contributed by atoms with Crippen LogP contribution in [0.25, 0.3) is 0 Å². The second-order valence-electron chi connectivity index (χ2n) is 3.09. The highest BCUT2D eigenvalue weighted by atomic mass is 35.5. The van der Waals surface area contributed by atoms with Crippen LogP contribution in [-0.2, 0) is 9.63 Å². The molecule has 0 fully saturated rings. The van der Waals surface area contributed by atoms with Crippen molar-refractivity contribution in [2.24, 2.45) is 5.16 Å². The highest BCUT2D eigenvalue weighted by Gasteiger charge is 2.13. The second-order valence-corrected chi connectivity index (χ2v) is 3.09. The minimum Gasteiger partial charge on any atom is -0.480 e. The summed E-state index contributed by atoms with van der Waals surface area (Å²) in [6.45, 7) is 1.49. The van der Waals surface area contributed by atoms with E-state index in [-0.39, 0.29) is 19.0 Å². The first-order valence-electron chi connectivity index (χ1n) is 4.42. The summed E-state index contributed by atoms with van der Waals surface area (Å²) in [6, 6.07) is 0. The Kier molecular flexibility index (Phi) is 6.73. The Hall–Kier alpha value is -1.07. The van der Waals surface area contributed by atoms with Crippen molar-refractivity contribution in [1.82, 2.24) is 4.90 Å². The van der Waals surface area contributed by atoms with Crippen LogP contribution in [0.15, 0.2) is 16.8 Å². The number of hydrogen-bond acceptors (Lipinski definition) is 4. The Morgan fingerprint density at radius 1 is 1.80 bits per heavy atom. The quantitative estimate of drug-likeness (QED) is 0.576. The van der Waals surface area contributed by atoms with E-state index in [0.717, 1.165) is 18.5 Å². The third kappa shape index (κ3) is 5.39. The molecule has 0 unspecified atom stereocenters. The highest BCUT2D eigenvalue weighted by molar-refractivity contribution is 5.85. The first-order chi connectivity index (χ1) is 6.72. The van der Waals surface area contributed by atoms with Crippen molar-refractivity contribution in [3.8, 4) is 0 Å². The van der Waals surface area contributed by atoms with E-state index in [9.17, 15) is 4.79 Å². The molecule has 0 saturated carbocycles. The van der Waals surface area contributed by atoms with E-state index in [0.29, 0.717) is 6.54 Å². The molecule has 0 radical (unpaired) electrons. The van der Waals surface area contributed by atoms with E-state index >= 15 is 0 Å². The summed E-state index contributed by atoms with van der Waals surface area (Å²) in [6.07, 6.45) is 4.52. The van der Waals surface area contributed by atoms with Crippen molar-refractivity contribution >= 4 is 24.6 Å². The fourth-order valence-corrected chi connectivity index (χ4v) is 1.37. The van der Waals surface area contributed by atoms with Gasteiger partial charge in [-0.05, 0) is 12.0 Å². The average molecular weight is 235 g/mol. The van der Waals surface area contributed by atoms with Gasteiger partial charge in [-0.3, -0.25) is 9.69 Å². The molecule has 0 spiro atoms. The molecule has 0 saturated heterocycles. The van der Waals surface area contributed by atoms with Gasteiger partial charge in [-0.2, -0.15) is 0 Å². The van der Waals surface area contributed by atoms with Gasteiger partial charge in [0, 0.05) is 13.1 Å². The predicted octanol–water partition coefficient (Wildman–Crippen LogP) is 0.757. The van der Waals surface area contributed by atoms with Crippen LogP contribution in [0.5, 0.6) is 0 Å². The molecule has 1 heterocycles. The van der Waals surface area contributed by atoms with E-state index in [1.807, 2.05) is 11.0 Å². The molecule has 86 valence electrons. The number of carbonyl (C=O) groups is 1. The fraction of sp³-hybridized carbons (Fsp3) is 0.556. The molecule has 0 aromatic heterocycles. The first kappa shape index (κ1) is 13.9. The van der Waals surface area contributed by atoms with Crippen LogP contribution in [-0.4, -0.2) is 48.9 Å². The first-order valence-corrected chi connectivity index (χ1v) is 4.42. The highest BCUT2D eigenvalue weighted by Crippen LogP contribution is 2.07. The van der Waals surface area contributed by atoms with Crippen molar-refractivity contribution in [3.05, 3.63) is 11.6 Å². The van der Waals surface area contributed by atoms with Crippen LogP contribution in [0.3, 0.4) is 0 Å². The van der Waals surface area contributed by atoms with E-state index in [2.05, 4.69) is 9.99 Å². The normalized spacial score (nSPS) is 17.0. The summed E-state index contributed by atoms with van der Waals surface area (Å²) in [7, 11) is 1.48. The molecule has 0 bridgehead atoms. The lowest BCUT2D eigenvalue weighted by Gasteiger charge is -2.23. The molecule has 0 aliphatic carbocycles. The molecule has 1 N–H and O–H groups in total. The zero-order valence-electron chi connectivity index (χ0n) is 8.55. The van der Waals surface area contributed by atoms with Crippen LogP contribution >= 0.6 is 12.4 Å². The van der Waals surface area contributed by atoms with E-state index in [1.54, 1.807) is 6.21 Å².